The molecule has 0 aromatic heterocycles. The average molecular weight is 350 g/mol. The molecule has 26 heavy (non-hydrogen) atoms. The van der Waals surface area contributed by atoms with E-state index in [1.165, 1.54) is 0 Å². The number of carbonyl (C=O) groups is 1. The molecule has 0 atom stereocenters. The van der Waals surface area contributed by atoms with E-state index in [0.717, 1.165) is 5.69 Å². The highest BCUT2D eigenvalue weighted by molar-refractivity contribution is 5.94. The zero-order valence-electron chi connectivity index (χ0n) is 14.8. The molecule has 2 N–H and O–H groups in total. The van der Waals surface area contributed by atoms with Crippen LogP contribution in [0.15, 0.2) is 42.5 Å². The molecule has 0 bridgehead atoms. The van der Waals surface area contributed by atoms with Gasteiger partial charge in [-0.1, -0.05) is 6.07 Å². The minimum Gasteiger partial charge on any atom is -0.494 e. The normalized spacial score (nSPS) is 14.0. The molecule has 2 aromatic carbocycles. The third kappa shape index (κ3) is 3.72. The smallest absolute Gasteiger partial charge is 0.254 e. The Labute approximate surface area is 153 Å². The monoisotopic (exact) mass is 350 g/mol. The number of carbonyl (C=O) groups excluding carboxylic acids is 1. The predicted molar refractivity (Wildman–Crippen MR) is 101 cm³/mol. The molecule has 1 amide bonds. The summed E-state index contributed by atoms with van der Waals surface area (Å²) in [7, 11) is 0. The maximum absolute atomic E-state index is 12.8. The highest BCUT2D eigenvalue weighted by Gasteiger charge is 2.23. The topological polar surface area (TPSA) is 82.6 Å². The van der Waals surface area contributed by atoms with E-state index in [1.54, 1.807) is 18.2 Å². The Bertz CT molecular complexity index is 836. The first-order chi connectivity index (χ1) is 12.6. The molecular weight excluding hydrogens is 328 g/mol. The summed E-state index contributed by atoms with van der Waals surface area (Å²) in [6, 6.07) is 14.8. The van der Waals surface area contributed by atoms with Crippen LogP contribution in [0.25, 0.3) is 0 Å². The average Bonchev–Trinajstić information content (AvgIpc) is 2.68. The maximum atomic E-state index is 12.8. The van der Waals surface area contributed by atoms with Gasteiger partial charge in [0.25, 0.3) is 5.91 Å². The summed E-state index contributed by atoms with van der Waals surface area (Å²) < 4.78 is 5.47. The van der Waals surface area contributed by atoms with Crippen molar-refractivity contribution in [1.82, 2.24) is 4.90 Å². The third-order valence-corrected chi connectivity index (χ3v) is 4.44. The number of ether oxygens (including phenoxy) is 1. The van der Waals surface area contributed by atoms with Crippen molar-refractivity contribution in [3.05, 3.63) is 53.6 Å². The number of nitrogens with zero attached hydrogens (tertiary/aromatic N) is 3. The van der Waals surface area contributed by atoms with Crippen molar-refractivity contribution in [2.75, 3.05) is 43.4 Å². The number of nitrogens with two attached hydrogens (primary N) is 1. The molecular formula is C20H22N4O2. The van der Waals surface area contributed by atoms with E-state index in [2.05, 4.69) is 11.0 Å². The van der Waals surface area contributed by atoms with E-state index < -0.39 is 0 Å². The Kier molecular flexibility index (Phi) is 5.28. The molecule has 1 aliphatic heterocycles. The van der Waals surface area contributed by atoms with Gasteiger partial charge in [0.1, 0.15) is 11.8 Å². The van der Waals surface area contributed by atoms with Crippen molar-refractivity contribution in [3.63, 3.8) is 0 Å². The molecule has 6 nitrogen and oxygen atoms in total. The summed E-state index contributed by atoms with van der Waals surface area (Å²) in [4.78, 5) is 16.7. The van der Waals surface area contributed by atoms with Crippen molar-refractivity contribution >= 4 is 17.3 Å². The van der Waals surface area contributed by atoms with Crippen LogP contribution in [0.3, 0.4) is 0 Å². The summed E-state index contributed by atoms with van der Waals surface area (Å²) in [5, 5.41) is 9.32. The van der Waals surface area contributed by atoms with E-state index >= 15 is 0 Å². The van der Waals surface area contributed by atoms with Crippen LogP contribution >= 0.6 is 0 Å². The third-order valence-electron chi connectivity index (χ3n) is 4.44. The van der Waals surface area contributed by atoms with Crippen molar-refractivity contribution in [3.8, 4) is 11.8 Å². The van der Waals surface area contributed by atoms with Crippen LogP contribution in [-0.4, -0.2) is 43.6 Å². The van der Waals surface area contributed by atoms with Gasteiger partial charge in [0.15, 0.2) is 0 Å². The number of nitrogen functional groups attached to an aromatic ring is 1. The van der Waals surface area contributed by atoms with Gasteiger partial charge in [0.2, 0.25) is 0 Å². The van der Waals surface area contributed by atoms with Crippen molar-refractivity contribution in [1.29, 1.82) is 5.26 Å². The molecule has 0 radical (unpaired) electrons. The van der Waals surface area contributed by atoms with E-state index in [9.17, 15) is 10.1 Å². The van der Waals surface area contributed by atoms with E-state index in [-0.39, 0.29) is 5.91 Å². The number of anilines is 2. The van der Waals surface area contributed by atoms with Gasteiger partial charge >= 0.3 is 0 Å². The highest BCUT2D eigenvalue weighted by atomic mass is 16.5. The van der Waals surface area contributed by atoms with Crippen molar-refractivity contribution < 1.29 is 9.53 Å². The van der Waals surface area contributed by atoms with E-state index in [4.69, 9.17) is 10.5 Å². The number of rotatable bonds is 4. The second-order valence-corrected chi connectivity index (χ2v) is 6.13. The first-order valence-corrected chi connectivity index (χ1v) is 8.69. The van der Waals surface area contributed by atoms with Crippen LogP contribution < -0.4 is 15.4 Å². The fourth-order valence-electron chi connectivity index (χ4n) is 3.14. The van der Waals surface area contributed by atoms with Gasteiger partial charge in [0.05, 0.1) is 17.9 Å². The van der Waals surface area contributed by atoms with Crippen LogP contribution in [-0.2, 0) is 0 Å². The first kappa shape index (κ1) is 17.6. The van der Waals surface area contributed by atoms with Gasteiger partial charge < -0.3 is 20.3 Å². The van der Waals surface area contributed by atoms with Gasteiger partial charge in [-0.25, -0.2) is 0 Å². The number of piperazine rings is 1. The molecule has 6 heteroatoms. The SMILES string of the molecule is CCOc1cccc(C(=O)N2CCN(c3ccc(N)cc3C#N)CC2)c1. The highest BCUT2D eigenvalue weighted by Crippen LogP contribution is 2.24. The van der Waals surface area contributed by atoms with Gasteiger partial charge in [-0.2, -0.15) is 5.26 Å². The Morgan fingerprint density at radius 1 is 1.19 bits per heavy atom. The van der Waals surface area contributed by atoms with E-state index in [1.807, 2.05) is 36.1 Å². The predicted octanol–water partition coefficient (Wildman–Crippen LogP) is 2.50. The lowest BCUT2D eigenvalue weighted by Gasteiger charge is -2.36. The quantitative estimate of drug-likeness (QED) is 0.857. The standard InChI is InChI=1S/C20H22N4O2/c1-2-26-18-5-3-4-15(13-18)20(25)24-10-8-23(9-11-24)19-7-6-17(22)12-16(19)14-21/h3-7,12-13H,2,8-11,22H2,1H3. The lowest BCUT2D eigenvalue weighted by molar-refractivity contribution is 0.0746. The molecule has 2 aromatic rings. The zero-order valence-corrected chi connectivity index (χ0v) is 14.8. The lowest BCUT2D eigenvalue weighted by atomic mass is 10.1. The summed E-state index contributed by atoms with van der Waals surface area (Å²) in [6.45, 7) is 5.05. The van der Waals surface area contributed by atoms with Crippen LogP contribution in [0, 0.1) is 11.3 Å². The number of benzene rings is 2. The van der Waals surface area contributed by atoms with Crippen molar-refractivity contribution in [2.24, 2.45) is 0 Å². The zero-order chi connectivity index (χ0) is 18.5. The molecule has 0 aliphatic carbocycles. The number of hydrogen-bond donors (Lipinski definition) is 1. The Morgan fingerprint density at radius 2 is 1.96 bits per heavy atom. The molecule has 0 saturated carbocycles. The molecule has 3 rings (SSSR count). The Balaban J connectivity index is 1.68. The van der Waals surface area contributed by atoms with Crippen LogP contribution in [0.4, 0.5) is 11.4 Å². The number of amides is 1. The molecule has 1 fully saturated rings. The minimum atomic E-state index is 0.00372. The van der Waals surface area contributed by atoms with E-state index in [0.29, 0.717) is 55.3 Å². The molecule has 0 unspecified atom stereocenters. The molecule has 0 spiro atoms. The Hall–Kier alpha value is -3.20. The van der Waals surface area contributed by atoms with Crippen LogP contribution in [0.5, 0.6) is 5.75 Å². The molecule has 1 heterocycles. The molecule has 1 saturated heterocycles. The largest absolute Gasteiger partial charge is 0.494 e. The van der Waals surface area contributed by atoms with Gasteiger partial charge in [-0.3, -0.25) is 4.79 Å². The summed E-state index contributed by atoms with van der Waals surface area (Å²) in [5.41, 5.74) is 8.40. The second-order valence-electron chi connectivity index (χ2n) is 6.13. The fraction of sp³-hybridized carbons (Fsp3) is 0.300. The first-order valence-electron chi connectivity index (χ1n) is 8.69. The summed E-state index contributed by atoms with van der Waals surface area (Å²) in [5.74, 6) is 0.710. The van der Waals surface area contributed by atoms with Gasteiger partial charge in [-0.05, 0) is 43.3 Å². The lowest BCUT2D eigenvalue weighted by Crippen LogP contribution is -2.49. The minimum absolute atomic E-state index is 0.00372. The fourth-order valence-corrected chi connectivity index (χ4v) is 3.14. The second kappa shape index (κ2) is 7.79. The number of nitriles is 1. The van der Waals surface area contributed by atoms with Gasteiger partial charge in [-0.15, -0.1) is 0 Å². The van der Waals surface area contributed by atoms with Crippen LogP contribution in [0.1, 0.15) is 22.8 Å². The maximum Gasteiger partial charge on any atom is 0.254 e. The van der Waals surface area contributed by atoms with Gasteiger partial charge in [0, 0.05) is 37.4 Å². The molecule has 1 aliphatic rings. The summed E-state index contributed by atoms with van der Waals surface area (Å²) >= 11 is 0. The molecule has 134 valence electrons. The number of hydrogen-bond acceptors (Lipinski definition) is 5. The Morgan fingerprint density at radius 3 is 2.65 bits per heavy atom. The summed E-state index contributed by atoms with van der Waals surface area (Å²) in [6.07, 6.45) is 0. The van der Waals surface area contributed by atoms with Crippen LogP contribution in [0.2, 0.25) is 0 Å². The van der Waals surface area contributed by atoms with Crippen molar-refractivity contribution in [2.45, 2.75) is 6.92 Å².